The normalized spacial score (nSPS) is 15.9. The van der Waals surface area contributed by atoms with Crippen LogP contribution >= 0.6 is 0 Å². The van der Waals surface area contributed by atoms with Gasteiger partial charge in [0.15, 0.2) is 5.79 Å². The number of allylic oxidation sites excluding steroid dienone is 2. The summed E-state index contributed by atoms with van der Waals surface area (Å²) in [6.07, 6.45) is 20.2. The minimum Gasteiger partial charge on any atom is -0.353 e. The van der Waals surface area contributed by atoms with Crippen LogP contribution in [0.25, 0.3) is 0 Å². The van der Waals surface area contributed by atoms with Crippen molar-refractivity contribution in [2.45, 2.75) is 103 Å². The van der Waals surface area contributed by atoms with Gasteiger partial charge in [-0.15, -0.1) is 0 Å². The van der Waals surface area contributed by atoms with Crippen molar-refractivity contribution < 1.29 is 9.47 Å². The largest absolute Gasteiger partial charge is 0.353 e. The maximum atomic E-state index is 5.77. The summed E-state index contributed by atoms with van der Waals surface area (Å²) in [5.74, 6) is -0.359. The summed E-state index contributed by atoms with van der Waals surface area (Å²) in [7, 11) is 3.61. The van der Waals surface area contributed by atoms with Gasteiger partial charge in [0, 0.05) is 27.1 Å². The maximum absolute atomic E-state index is 5.77. The Morgan fingerprint density at radius 1 is 0.909 bits per heavy atom. The molecule has 2 nitrogen and oxygen atoms in total. The Hall–Kier alpha value is -0.340. The predicted octanol–water partition coefficient (Wildman–Crippen LogP) is 6.40. The second-order valence-electron chi connectivity index (χ2n) is 6.80. The van der Waals surface area contributed by atoms with Crippen molar-refractivity contribution in [3.63, 3.8) is 0 Å². The molecule has 0 saturated heterocycles. The van der Waals surface area contributed by atoms with Crippen LogP contribution in [-0.4, -0.2) is 20.0 Å². The molecule has 0 atom stereocenters. The Morgan fingerprint density at radius 3 is 2.18 bits per heavy atom. The lowest BCUT2D eigenvalue weighted by Gasteiger charge is -2.32. The summed E-state index contributed by atoms with van der Waals surface area (Å²) in [4.78, 5) is 0. The molecule has 0 aliphatic heterocycles. The van der Waals surface area contributed by atoms with Crippen LogP contribution in [0, 0.1) is 0 Å². The quantitative estimate of drug-likeness (QED) is 0.223. The molecule has 0 spiro atoms. The molecule has 22 heavy (non-hydrogen) atoms. The molecule has 0 aromatic carbocycles. The van der Waals surface area contributed by atoms with E-state index in [4.69, 9.17) is 9.47 Å². The second-order valence-corrected chi connectivity index (χ2v) is 6.80. The maximum Gasteiger partial charge on any atom is 0.167 e. The Bertz CT molecular complexity index is 292. The molecule has 0 heterocycles. The first-order chi connectivity index (χ1) is 10.8. The smallest absolute Gasteiger partial charge is 0.167 e. The third kappa shape index (κ3) is 7.78. The number of hydrogen-bond donors (Lipinski definition) is 0. The average Bonchev–Trinajstić information content (AvgIpc) is 2.58. The van der Waals surface area contributed by atoms with Crippen LogP contribution in [0.1, 0.15) is 96.8 Å². The van der Waals surface area contributed by atoms with Crippen molar-refractivity contribution in [2.75, 3.05) is 14.2 Å². The monoisotopic (exact) mass is 310 g/mol. The van der Waals surface area contributed by atoms with Crippen LogP contribution in [0.4, 0.5) is 0 Å². The van der Waals surface area contributed by atoms with Crippen molar-refractivity contribution in [2.24, 2.45) is 0 Å². The van der Waals surface area contributed by atoms with E-state index >= 15 is 0 Å². The first-order valence-electron chi connectivity index (χ1n) is 9.54. The van der Waals surface area contributed by atoms with Gasteiger partial charge in [-0.05, 0) is 38.5 Å². The third-order valence-corrected chi connectivity index (χ3v) is 5.12. The molecule has 0 aromatic rings. The van der Waals surface area contributed by atoms with Crippen molar-refractivity contribution in [1.29, 1.82) is 0 Å². The van der Waals surface area contributed by atoms with Gasteiger partial charge in [0.25, 0.3) is 0 Å². The molecular formula is C20H38O2. The van der Waals surface area contributed by atoms with E-state index in [-0.39, 0.29) is 5.79 Å². The average molecular weight is 311 g/mol. The molecule has 0 amide bonds. The summed E-state index contributed by atoms with van der Waals surface area (Å²) in [5.41, 5.74) is 1.62. The lowest BCUT2D eigenvalue weighted by molar-refractivity contribution is -0.215. The molecule has 0 aromatic heterocycles. The van der Waals surface area contributed by atoms with Gasteiger partial charge in [-0.25, -0.2) is 0 Å². The molecule has 1 aliphatic carbocycles. The lowest BCUT2D eigenvalue weighted by atomic mass is 9.92. The van der Waals surface area contributed by atoms with Crippen molar-refractivity contribution in [1.82, 2.24) is 0 Å². The molecule has 130 valence electrons. The first kappa shape index (κ1) is 19.7. The van der Waals surface area contributed by atoms with E-state index in [1.54, 1.807) is 19.8 Å². The van der Waals surface area contributed by atoms with Gasteiger partial charge in [-0.2, -0.15) is 0 Å². The summed E-state index contributed by atoms with van der Waals surface area (Å²) in [6, 6.07) is 0. The van der Waals surface area contributed by atoms with E-state index in [0.29, 0.717) is 0 Å². The minimum atomic E-state index is -0.359. The van der Waals surface area contributed by atoms with Crippen molar-refractivity contribution >= 4 is 0 Å². The summed E-state index contributed by atoms with van der Waals surface area (Å²) < 4.78 is 11.5. The third-order valence-electron chi connectivity index (χ3n) is 5.12. The fourth-order valence-corrected chi connectivity index (χ4v) is 3.45. The molecule has 0 fully saturated rings. The van der Waals surface area contributed by atoms with Crippen LogP contribution in [0.15, 0.2) is 11.6 Å². The second kappa shape index (κ2) is 12.1. The Labute approximate surface area is 138 Å². The molecule has 0 bridgehead atoms. The van der Waals surface area contributed by atoms with E-state index in [2.05, 4.69) is 13.0 Å². The summed E-state index contributed by atoms with van der Waals surface area (Å²) in [5, 5.41) is 0. The van der Waals surface area contributed by atoms with Crippen molar-refractivity contribution in [3.8, 4) is 0 Å². The lowest BCUT2D eigenvalue weighted by Crippen LogP contribution is -2.33. The van der Waals surface area contributed by atoms with E-state index in [1.165, 1.54) is 70.6 Å². The van der Waals surface area contributed by atoms with Crippen LogP contribution in [0.2, 0.25) is 0 Å². The topological polar surface area (TPSA) is 18.5 Å². The molecule has 0 N–H and O–H groups in total. The summed E-state index contributed by atoms with van der Waals surface area (Å²) in [6.45, 7) is 2.27. The SMILES string of the molecule is CCCCCCCCCC(CCC1=CCCCC1)(OC)OC. The van der Waals surface area contributed by atoms with Gasteiger partial charge in [-0.3, -0.25) is 0 Å². The molecular weight excluding hydrogens is 272 g/mol. The Morgan fingerprint density at radius 2 is 1.59 bits per heavy atom. The van der Waals surface area contributed by atoms with Crippen LogP contribution in [0.5, 0.6) is 0 Å². The molecule has 1 rings (SSSR count). The van der Waals surface area contributed by atoms with Crippen LogP contribution in [-0.2, 0) is 9.47 Å². The standard InChI is InChI=1S/C20H38O2/c1-4-5-6-7-8-9-13-17-20(21-2,22-3)18-16-19-14-11-10-12-15-19/h14H,4-13,15-18H2,1-3H3. The van der Waals surface area contributed by atoms with Crippen LogP contribution in [0.3, 0.4) is 0 Å². The Balaban J connectivity index is 2.24. The van der Waals surface area contributed by atoms with Gasteiger partial charge >= 0.3 is 0 Å². The molecule has 0 radical (unpaired) electrons. The number of ether oxygens (including phenoxy) is 2. The van der Waals surface area contributed by atoms with Gasteiger partial charge in [0.2, 0.25) is 0 Å². The highest BCUT2D eigenvalue weighted by molar-refractivity contribution is 5.05. The zero-order chi connectivity index (χ0) is 16.1. The van der Waals surface area contributed by atoms with E-state index in [1.807, 2.05) is 0 Å². The van der Waals surface area contributed by atoms with Gasteiger partial charge in [0.05, 0.1) is 0 Å². The number of methoxy groups -OCH3 is 2. The fraction of sp³-hybridized carbons (Fsp3) is 0.900. The number of rotatable bonds is 13. The van der Waals surface area contributed by atoms with E-state index < -0.39 is 0 Å². The highest BCUT2D eigenvalue weighted by Crippen LogP contribution is 2.30. The van der Waals surface area contributed by atoms with E-state index in [0.717, 1.165) is 19.3 Å². The van der Waals surface area contributed by atoms with Gasteiger partial charge < -0.3 is 9.47 Å². The molecule has 0 unspecified atom stereocenters. The highest BCUT2D eigenvalue weighted by Gasteiger charge is 2.28. The first-order valence-corrected chi connectivity index (χ1v) is 9.54. The van der Waals surface area contributed by atoms with Crippen molar-refractivity contribution in [3.05, 3.63) is 11.6 Å². The zero-order valence-electron chi connectivity index (χ0n) is 15.3. The minimum absolute atomic E-state index is 0.359. The predicted molar refractivity (Wildman–Crippen MR) is 95.1 cm³/mol. The highest BCUT2D eigenvalue weighted by atomic mass is 16.7. The zero-order valence-corrected chi connectivity index (χ0v) is 15.3. The molecule has 2 heteroatoms. The number of hydrogen-bond acceptors (Lipinski definition) is 2. The molecule has 1 aliphatic rings. The molecule has 0 saturated carbocycles. The number of unbranched alkanes of at least 4 members (excludes halogenated alkanes) is 6. The van der Waals surface area contributed by atoms with Crippen LogP contribution < -0.4 is 0 Å². The fourth-order valence-electron chi connectivity index (χ4n) is 3.45. The Kier molecular flexibility index (Phi) is 10.9. The summed E-state index contributed by atoms with van der Waals surface area (Å²) >= 11 is 0. The van der Waals surface area contributed by atoms with Gasteiger partial charge in [0.1, 0.15) is 0 Å². The van der Waals surface area contributed by atoms with E-state index in [9.17, 15) is 0 Å². The van der Waals surface area contributed by atoms with Gasteiger partial charge in [-0.1, -0.05) is 57.1 Å².